The summed E-state index contributed by atoms with van der Waals surface area (Å²) in [5, 5.41) is 3.31. The van der Waals surface area contributed by atoms with Gasteiger partial charge in [0, 0.05) is 6.04 Å². The van der Waals surface area contributed by atoms with Gasteiger partial charge in [-0.1, -0.05) is 42.5 Å². The molecule has 0 aliphatic carbocycles. The summed E-state index contributed by atoms with van der Waals surface area (Å²) in [6.45, 7) is 4.22. The Bertz CT molecular complexity index is 494. The molecule has 0 radical (unpaired) electrons. The van der Waals surface area contributed by atoms with Gasteiger partial charge in [0.25, 0.3) is 0 Å². The van der Waals surface area contributed by atoms with Gasteiger partial charge in [0.05, 0.1) is 5.69 Å². The van der Waals surface area contributed by atoms with Crippen molar-refractivity contribution in [3.05, 3.63) is 41.0 Å². The Hall–Kier alpha value is -1.35. The topological polar surface area (TPSA) is 20.7 Å². The first-order valence-electron chi connectivity index (χ1n) is 5.05. The molecule has 0 saturated carbocycles. The van der Waals surface area contributed by atoms with Crippen LogP contribution >= 0.6 is 12.2 Å². The van der Waals surface area contributed by atoms with E-state index in [1.807, 2.05) is 28.9 Å². The standard InChI is InChI=1S/C12H14N2S/c1-9(2)14-12(15)8-11(13-14)10-6-4-3-5-7-10/h3-9,13H,1-2H3. The zero-order chi connectivity index (χ0) is 10.8. The van der Waals surface area contributed by atoms with E-state index in [9.17, 15) is 0 Å². The molecule has 0 bridgehead atoms. The molecule has 1 aromatic heterocycles. The van der Waals surface area contributed by atoms with Crippen molar-refractivity contribution in [3.63, 3.8) is 0 Å². The quantitative estimate of drug-likeness (QED) is 0.760. The molecule has 0 spiro atoms. The molecule has 0 aliphatic rings. The van der Waals surface area contributed by atoms with Gasteiger partial charge in [0.2, 0.25) is 0 Å². The maximum atomic E-state index is 5.28. The van der Waals surface area contributed by atoms with E-state index >= 15 is 0 Å². The van der Waals surface area contributed by atoms with Gasteiger partial charge in [0.1, 0.15) is 4.64 Å². The number of aromatic amines is 1. The third-order valence-electron chi connectivity index (χ3n) is 2.35. The van der Waals surface area contributed by atoms with Gasteiger partial charge >= 0.3 is 0 Å². The normalized spacial score (nSPS) is 10.9. The largest absolute Gasteiger partial charge is 0.297 e. The van der Waals surface area contributed by atoms with Gasteiger partial charge in [-0.15, -0.1) is 0 Å². The van der Waals surface area contributed by atoms with Crippen molar-refractivity contribution in [2.75, 3.05) is 0 Å². The van der Waals surface area contributed by atoms with Gasteiger partial charge in [-0.25, -0.2) is 0 Å². The highest BCUT2D eigenvalue weighted by atomic mass is 32.1. The Kier molecular flexibility index (Phi) is 2.73. The van der Waals surface area contributed by atoms with Crippen molar-refractivity contribution in [1.29, 1.82) is 0 Å². The van der Waals surface area contributed by atoms with E-state index in [2.05, 4.69) is 31.1 Å². The zero-order valence-electron chi connectivity index (χ0n) is 8.90. The number of H-pyrrole nitrogens is 1. The number of aromatic nitrogens is 2. The smallest absolute Gasteiger partial charge is 0.122 e. The number of rotatable bonds is 2. The van der Waals surface area contributed by atoms with Gasteiger partial charge < -0.3 is 0 Å². The molecule has 0 atom stereocenters. The molecule has 1 aromatic carbocycles. The second-order valence-electron chi connectivity index (χ2n) is 3.84. The van der Waals surface area contributed by atoms with E-state index in [1.165, 1.54) is 5.56 Å². The van der Waals surface area contributed by atoms with E-state index in [1.54, 1.807) is 0 Å². The van der Waals surface area contributed by atoms with E-state index in [4.69, 9.17) is 12.2 Å². The van der Waals surface area contributed by atoms with E-state index in [0.29, 0.717) is 6.04 Å². The van der Waals surface area contributed by atoms with E-state index in [0.717, 1.165) is 10.3 Å². The van der Waals surface area contributed by atoms with Crippen molar-refractivity contribution in [2.24, 2.45) is 0 Å². The summed E-state index contributed by atoms with van der Waals surface area (Å²) >= 11 is 5.28. The lowest BCUT2D eigenvalue weighted by Gasteiger charge is -2.06. The van der Waals surface area contributed by atoms with Crippen LogP contribution in [0, 0.1) is 4.64 Å². The summed E-state index contributed by atoms with van der Waals surface area (Å²) < 4.78 is 2.85. The molecule has 0 saturated heterocycles. The predicted molar refractivity (Wildman–Crippen MR) is 65.4 cm³/mol. The average Bonchev–Trinajstić information content (AvgIpc) is 2.62. The molecule has 15 heavy (non-hydrogen) atoms. The molecule has 2 rings (SSSR count). The minimum Gasteiger partial charge on any atom is -0.297 e. The highest BCUT2D eigenvalue weighted by molar-refractivity contribution is 7.71. The van der Waals surface area contributed by atoms with Crippen LogP contribution in [-0.4, -0.2) is 9.78 Å². The number of benzene rings is 1. The first-order valence-corrected chi connectivity index (χ1v) is 5.46. The molecule has 1 heterocycles. The van der Waals surface area contributed by atoms with Crippen LogP contribution in [0.15, 0.2) is 36.4 Å². The van der Waals surface area contributed by atoms with Crippen LogP contribution in [0.2, 0.25) is 0 Å². The maximum Gasteiger partial charge on any atom is 0.122 e. The average molecular weight is 218 g/mol. The Labute approximate surface area is 94.5 Å². The molecule has 1 N–H and O–H groups in total. The summed E-state index contributed by atoms with van der Waals surface area (Å²) in [6, 6.07) is 12.6. The first kappa shape index (κ1) is 10.2. The van der Waals surface area contributed by atoms with Gasteiger partial charge in [0.15, 0.2) is 0 Å². The Morgan fingerprint density at radius 1 is 1.20 bits per heavy atom. The molecule has 3 heteroatoms. The summed E-state index contributed by atoms with van der Waals surface area (Å²) in [5.74, 6) is 0. The fourth-order valence-electron chi connectivity index (χ4n) is 1.56. The van der Waals surface area contributed by atoms with Crippen molar-refractivity contribution >= 4 is 12.2 Å². The lowest BCUT2D eigenvalue weighted by Crippen LogP contribution is -2.02. The number of hydrogen-bond donors (Lipinski definition) is 1. The van der Waals surface area contributed by atoms with Crippen LogP contribution < -0.4 is 0 Å². The molecule has 0 aliphatic heterocycles. The fourth-order valence-corrected chi connectivity index (χ4v) is 1.93. The second-order valence-corrected chi connectivity index (χ2v) is 4.26. The van der Waals surface area contributed by atoms with Crippen molar-refractivity contribution < 1.29 is 0 Å². The molecule has 0 fully saturated rings. The summed E-state index contributed by atoms with van der Waals surface area (Å²) in [4.78, 5) is 0. The lowest BCUT2D eigenvalue weighted by atomic mass is 10.2. The minimum absolute atomic E-state index is 0.370. The Morgan fingerprint density at radius 2 is 1.87 bits per heavy atom. The third-order valence-corrected chi connectivity index (χ3v) is 2.66. The lowest BCUT2D eigenvalue weighted by molar-refractivity contribution is 0.528. The third kappa shape index (κ3) is 2.02. The Balaban J connectivity index is 2.48. The summed E-state index contributed by atoms with van der Waals surface area (Å²) in [6.07, 6.45) is 0. The summed E-state index contributed by atoms with van der Waals surface area (Å²) in [7, 11) is 0. The number of nitrogens with zero attached hydrogens (tertiary/aromatic N) is 1. The SMILES string of the molecule is CC(C)n1[nH]c(-c2ccccc2)cc1=S. The maximum absolute atomic E-state index is 5.28. The van der Waals surface area contributed by atoms with E-state index < -0.39 is 0 Å². The van der Waals surface area contributed by atoms with Gasteiger partial charge in [-0.2, -0.15) is 0 Å². The molecule has 0 amide bonds. The minimum atomic E-state index is 0.370. The van der Waals surface area contributed by atoms with Crippen molar-refractivity contribution in [1.82, 2.24) is 9.78 Å². The van der Waals surface area contributed by atoms with Crippen LogP contribution in [0.25, 0.3) is 11.3 Å². The van der Waals surface area contributed by atoms with Crippen molar-refractivity contribution in [2.45, 2.75) is 19.9 Å². The molecule has 2 aromatic rings. The zero-order valence-corrected chi connectivity index (χ0v) is 9.71. The first-order chi connectivity index (χ1) is 7.18. The molecule has 0 unspecified atom stereocenters. The van der Waals surface area contributed by atoms with Gasteiger partial charge in [-0.05, 0) is 25.5 Å². The van der Waals surface area contributed by atoms with Crippen LogP contribution in [0.1, 0.15) is 19.9 Å². The molecular formula is C12H14N2S. The Morgan fingerprint density at radius 3 is 2.40 bits per heavy atom. The highest BCUT2D eigenvalue weighted by Crippen LogP contribution is 2.18. The second kappa shape index (κ2) is 4.03. The summed E-state index contributed by atoms with van der Waals surface area (Å²) in [5.41, 5.74) is 2.25. The van der Waals surface area contributed by atoms with Gasteiger partial charge in [-0.3, -0.25) is 9.78 Å². The predicted octanol–water partition coefficient (Wildman–Crippen LogP) is 3.79. The van der Waals surface area contributed by atoms with E-state index in [-0.39, 0.29) is 0 Å². The van der Waals surface area contributed by atoms with Crippen molar-refractivity contribution in [3.8, 4) is 11.3 Å². The van der Waals surface area contributed by atoms with Crippen LogP contribution in [-0.2, 0) is 0 Å². The highest BCUT2D eigenvalue weighted by Gasteiger charge is 2.04. The fraction of sp³-hybridized carbons (Fsp3) is 0.250. The molecular weight excluding hydrogens is 204 g/mol. The monoisotopic (exact) mass is 218 g/mol. The number of nitrogens with one attached hydrogen (secondary N) is 1. The number of hydrogen-bond acceptors (Lipinski definition) is 1. The van der Waals surface area contributed by atoms with Crippen LogP contribution in [0.5, 0.6) is 0 Å². The van der Waals surface area contributed by atoms with Crippen LogP contribution in [0.4, 0.5) is 0 Å². The molecule has 78 valence electrons. The molecule has 2 nitrogen and oxygen atoms in total. The van der Waals surface area contributed by atoms with Crippen LogP contribution in [0.3, 0.4) is 0 Å².